The van der Waals surface area contributed by atoms with Crippen LogP contribution < -0.4 is 5.73 Å². The van der Waals surface area contributed by atoms with Gasteiger partial charge in [-0.05, 0) is 35.0 Å². The molecule has 84 valence electrons. The van der Waals surface area contributed by atoms with E-state index in [-0.39, 0.29) is 0 Å². The van der Waals surface area contributed by atoms with E-state index in [0.29, 0.717) is 16.5 Å². The minimum atomic E-state index is 0.584. The molecule has 1 heterocycles. The zero-order valence-corrected chi connectivity index (χ0v) is 9.65. The molecule has 0 aliphatic carbocycles. The number of aromatic nitrogens is 4. The molecule has 0 saturated carbocycles. The number of hydrogen-bond donors (Lipinski definition) is 1. The molecule has 1 aromatic heterocycles. The third kappa shape index (κ3) is 2.14. The van der Waals surface area contributed by atoms with Crippen LogP contribution >= 0.6 is 11.6 Å². The third-order valence-corrected chi connectivity index (χ3v) is 2.36. The lowest BCUT2D eigenvalue weighted by molar-refractivity contribution is 0.583. The summed E-state index contributed by atoms with van der Waals surface area (Å²) < 4.78 is 1.74. The van der Waals surface area contributed by atoms with Gasteiger partial charge in [0, 0.05) is 22.8 Å². The summed E-state index contributed by atoms with van der Waals surface area (Å²) in [5.41, 5.74) is 7.17. The Morgan fingerprint density at radius 1 is 1.38 bits per heavy atom. The number of aryl methyl sites for hydroxylation is 1. The minimum Gasteiger partial charge on any atom is -0.399 e. The summed E-state index contributed by atoms with van der Waals surface area (Å²) in [5.74, 6) is 0.691. The Kier molecular flexibility index (Phi) is 3.05. The maximum atomic E-state index is 5.94. The van der Waals surface area contributed by atoms with Crippen molar-refractivity contribution in [2.75, 3.05) is 5.73 Å². The molecule has 6 heteroatoms. The van der Waals surface area contributed by atoms with Crippen LogP contribution in [0.25, 0.3) is 11.4 Å². The molecule has 1 aromatic carbocycles. The van der Waals surface area contributed by atoms with E-state index in [4.69, 9.17) is 17.3 Å². The Bertz CT molecular complexity index is 473. The molecule has 16 heavy (non-hydrogen) atoms. The number of anilines is 1. The van der Waals surface area contributed by atoms with Crippen molar-refractivity contribution in [3.63, 3.8) is 0 Å². The third-order valence-electron chi connectivity index (χ3n) is 2.15. The first-order valence-corrected chi connectivity index (χ1v) is 5.41. The zero-order chi connectivity index (χ0) is 11.5. The maximum Gasteiger partial charge on any atom is 0.182 e. The largest absolute Gasteiger partial charge is 0.399 e. The van der Waals surface area contributed by atoms with Crippen molar-refractivity contribution in [3.8, 4) is 11.4 Å². The molecule has 0 spiro atoms. The molecule has 0 aliphatic rings. The summed E-state index contributed by atoms with van der Waals surface area (Å²) in [6.07, 6.45) is 0.966. The Balaban J connectivity index is 2.45. The average Bonchev–Trinajstić information content (AvgIpc) is 2.65. The summed E-state index contributed by atoms with van der Waals surface area (Å²) in [6.45, 7) is 2.84. The molecule has 0 amide bonds. The van der Waals surface area contributed by atoms with Crippen LogP contribution in [0.1, 0.15) is 13.3 Å². The van der Waals surface area contributed by atoms with E-state index in [1.54, 1.807) is 16.8 Å². The fourth-order valence-corrected chi connectivity index (χ4v) is 1.76. The Morgan fingerprint density at radius 2 is 2.19 bits per heavy atom. The monoisotopic (exact) mass is 237 g/mol. The highest BCUT2D eigenvalue weighted by Crippen LogP contribution is 2.23. The van der Waals surface area contributed by atoms with Crippen molar-refractivity contribution < 1.29 is 0 Å². The number of nitrogen functional groups attached to an aromatic ring is 1. The highest BCUT2D eigenvalue weighted by Gasteiger charge is 2.09. The second kappa shape index (κ2) is 4.49. The summed E-state index contributed by atoms with van der Waals surface area (Å²) in [4.78, 5) is 0. The second-order valence-electron chi connectivity index (χ2n) is 3.50. The topological polar surface area (TPSA) is 69.6 Å². The molecule has 0 atom stereocenters. The van der Waals surface area contributed by atoms with Crippen LogP contribution in [0.4, 0.5) is 5.69 Å². The van der Waals surface area contributed by atoms with Crippen LogP contribution in [-0.2, 0) is 6.54 Å². The predicted octanol–water partition coefficient (Wildman–Crippen LogP) is 1.99. The van der Waals surface area contributed by atoms with Crippen LogP contribution in [-0.4, -0.2) is 20.2 Å². The fourth-order valence-electron chi connectivity index (χ4n) is 1.52. The first kappa shape index (κ1) is 10.9. The molecule has 2 rings (SSSR count). The van der Waals surface area contributed by atoms with Gasteiger partial charge in [0.2, 0.25) is 0 Å². The van der Waals surface area contributed by atoms with Gasteiger partial charge in [0.05, 0.1) is 0 Å². The van der Waals surface area contributed by atoms with Crippen molar-refractivity contribution in [2.24, 2.45) is 0 Å². The number of hydrogen-bond acceptors (Lipinski definition) is 4. The summed E-state index contributed by atoms with van der Waals surface area (Å²) >= 11 is 5.94. The van der Waals surface area contributed by atoms with Crippen molar-refractivity contribution >= 4 is 17.3 Å². The minimum absolute atomic E-state index is 0.584. The van der Waals surface area contributed by atoms with Gasteiger partial charge in [0.1, 0.15) is 0 Å². The normalized spacial score (nSPS) is 10.6. The molecule has 2 aromatic rings. The van der Waals surface area contributed by atoms with Crippen LogP contribution in [0.15, 0.2) is 18.2 Å². The van der Waals surface area contributed by atoms with Crippen LogP contribution in [0.2, 0.25) is 5.02 Å². The summed E-state index contributed by atoms with van der Waals surface area (Å²) in [6, 6.07) is 5.30. The molecule has 2 N–H and O–H groups in total. The van der Waals surface area contributed by atoms with Crippen molar-refractivity contribution in [3.05, 3.63) is 23.2 Å². The van der Waals surface area contributed by atoms with Gasteiger partial charge in [-0.2, -0.15) is 0 Å². The average molecular weight is 238 g/mol. The molecule has 0 bridgehead atoms. The van der Waals surface area contributed by atoms with Crippen molar-refractivity contribution in [1.82, 2.24) is 20.2 Å². The summed E-state index contributed by atoms with van der Waals surface area (Å²) in [5, 5.41) is 12.1. The van der Waals surface area contributed by atoms with E-state index in [1.165, 1.54) is 0 Å². The van der Waals surface area contributed by atoms with Gasteiger partial charge in [0.15, 0.2) is 5.82 Å². The number of nitrogens with two attached hydrogens (primary N) is 1. The van der Waals surface area contributed by atoms with E-state index >= 15 is 0 Å². The maximum absolute atomic E-state index is 5.94. The van der Waals surface area contributed by atoms with E-state index in [0.717, 1.165) is 18.5 Å². The summed E-state index contributed by atoms with van der Waals surface area (Å²) in [7, 11) is 0. The lowest BCUT2D eigenvalue weighted by Gasteiger charge is -2.04. The second-order valence-corrected chi connectivity index (χ2v) is 3.94. The first-order valence-electron chi connectivity index (χ1n) is 5.03. The first-order chi connectivity index (χ1) is 7.70. The van der Waals surface area contributed by atoms with Crippen LogP contribution in [0.5, 0.6) is 0 Å². The predicted molar refractivity (Wildman–Crippen MR) is 63.0 cm³/mol. The van der Waals surface area contributed by atoms with Crippen LogP contribution in [0, 0.1) is 0 Å². The van der Waals surface area contributed by atoms with Gasteiger partial charge in [-0.15, -0.1) is 5.10 Å². The molecular formula is C10H12ClN5. The zero-order valence-electron chi connectivity index (χ0n) is 8.89. The van der Waals surface area contributed by atoms with Gasteiger partial charge in [0.25, 0.3) is 0 Å². The molecule has 5 nitrogen and oxygen atoms in total. The lowest BCUT2D eigenvalue weighted by atomic mass is 10.2. The fraction of sp³-hybridized carbons (Fsp3) is 0.300. The highest BCUT2D eigenvalue weighted by atomic mass is 35.5. The Labute approximate surface area is 98.2 Å². The van der Waals surface area contributed by atoms with E-state index in [1.807, 2.05) is 6.07 Å². The number of tetrazole rings is 1. The van der Waals surface area contributed by atoms with Gasteiger partial charge in [-0.1, -0.05) is 18.5 Å². The molecule has 0 aliphatic heterocycles. The van der Waals surface area contributed by atoms with E-state index < -0.39 is 0 Å². The van der Waals surface area contributed by atoms with Crippen molar-refractivity contribution in [2.45, 2.75) is 19.9 Å². The standard InChI is InChI=1S/C10H12ClN5/c1-2-3-16-10(13-14-15-16)7-4-8(11)6-9(12)5-7/h4-6H,2-3,12H2,1H3. The quantitative estimate of drug-likeness (QED) is 0.829. The number of halogens is 1. The smallest absolute Gasteiger partial charge is 0.182 e. The van der Waals surface area contributed by atoms with Crippen LogP contribution in [0.3, 0.4) is 0 Å². The van der Waals surface area contributed by atoms with Gasteiger partial charge >= 0.3 is 0 Å². The van der Waals surface area contributed by atoms with Gasteiger partial charge in [-0.25, -0.2) is 4.68 Å². The van der Waals surface area contributed by atoms with E-state index in [9.17, 15) is 0 Å². The number of benzene rings is 1. The Morgan fingerprint density at radius 3 is 2.88 bits per heavy atom. The molecule has 0 fully saturated rings. The Hall–Kier alpha value is -1.62. The SMILES string of the molecule is CCCn1nnnc1-c1cc(N)cc(Cl)c1. The van der Waals surface area contributed by atoms with Crippen molar-refractivity contribution in [1.29, 1.82) is 0 Å². The van der Waals surface area contributed by atoms with E-state index in [2.05, 4.69) is 22.4 Å². The molecule has 0 radical (unpaired) electrons. The number of rotatable bonds is 3. The molecular weight excluding hydrogens is 226 g/mol. The molecule has 0 saturated heterocycles. The van der Waals surface area contributed by atoms with Gasteiger partial charge in [-0.3, -0.25) is 0 Å². The molecule has 0 unspecified atom stereocenters. The van der Waals surface area contributed by atoms with Gasteiger partial charge < -0.3 is 5.73 Å². The number of nitrogens with zero attached hydrogens (tertiary/aromatic N) is 4. The highest BCUT2D eigenvalue weighted by molar-refractivity contribution is 6.31. The lowest BCUT2D eigenvalue weighted by Crippen LogP contribution is -2.02.